The molecular formula is C21H25N5O4. The third-order valence-corrected chi connectivity index (χ3v) is 4.82. The molecule has 2 aliphatic rings. The highest BCUT2D eigenvalue weighted by atomic mass is 16.5. The summed E-state index contributed by atoms with van der Waals surface area (Å²) in [4.78, 5) is 30.9. The van der Waals surface area contributed by atoms with Gasteiger partial charge in [-0.3, -0.25) is 14.6 Å². The largest absolute Gasteiger partial charge is 0.487 e. The summed E-state index contributed by atoms with van der Waals surface area (Å²) in [5.74, 6) is -0.193. The van der Waals surface area contributed by atoms with Gasteiger partial charge in [-0.1, -0.05) is 6.07 Å². The van der Waals surface area contributed by atoms with Gasteiger partial charge in [-0.25, -0.2) is 0 Å². The van der Waals surface area contributed by atoms with Crippen LogP contribution in [0.3, 0.4) is 0 Å². The zero-order valence-electron chi connectivity index (χ0n) is 16.7. The number of β-amino-alcohol motifs (C(OH)–C–C–N with tert-alkyl or cyclic N) is 1. The highest BCUT2D eigenvalue weighted by Gasteiger charge is 2.33. The Kier molecular flexibility index (Phi) is 6.97. The van der Waals surface area contributed by atoms with Crippen molar-refractivity contribution in [1.82, 2.24) is 20.5 Å². The molecule has 0 radical (unpaired) electrons. The van der Waals surface area contributed by atoms with Gasteiger partial charge in [-0.05, 0) is 36.8 Å². The Morgan fingerprint density at radius 1 is 1.40 bits per heavy atom. The van der Waals surface area contributed by atoms with Crippen LogP contribution < -0.4 is 10.6 Å². The second-order valence-electron chi connectivity index (χ2n) is 6.81. The van der Waals surface area contributed by atoms with Crippen molar-refractivity contribution in [2.75, 3.05) is 26.7 Å². The summed E-state index contributed by atoms with van der Waals surface area (Å²) >= 11 is 0. The fraction of sp³-hybridized carbons (Fsp3) is 0.333. The second kappa shape index (κ2) is 9.84. The molecule has 9 heteroatoms. The molecule has 1 aliphatic carbocycles. The Labute approximate surface area is 174 Å². The van der Waals surface area contributed by atoms with E-state index in [9.17, 15) is 9.59 Å². The normalized spacial score (nSPS) is 20.1. The fourth-order valence-corrected chi connectivity index (χ4v) is 3.28. The first-order valence-corrected chi connectivity index (χ1v) is 9.67. The van der Waals surface area contributed by atoms with Crippen molar-refractivity contribution in [3.05, 3.63) is 65.3 Å². The number of ether oxygens (including phenoxy) is 1. The summed E-state index contributed by atoms with van der Waals surface area (Å²) in [5.41, 5.74) is 1.46. The summed E-state index contributed by atoms with van der Waals surface area (Å²) in [7, 11) is 1.59. The van der Waals surface area contributed by atoms with E-state index in [1.54, 1.807) is 31.5 Å². The number of allylic oxidation sites excluding steroid dienone is 4. The van der Waals surface area contributed by atoms with E-state index >= 15 is 0 Å². The molecule has 0 bridgehead atoms. The first-order valence-electron chi connectivity index (χ1n) is 9.67. The average molecular weight is 411 g/mol. The van der Waals surface area contributed by atoms with Crippen molar-refractivity contribution in [2.45, 2.75) is 19.1 Å². The van der Waals surface area contributed by atoms with E-state index in [4.69, 9.17) is 15.3 Å². The van der Waals surface area contributed by atoms with Gasteiger partial charge in [-0.15, -0.1) is 0 Å². The molecule has 1 aliphatic heterocycles. The monoisotopic (exact) mass is 411 g/mol. The summed E-state index contributed by atoms with van der Waals surface area (Å²) in [6.07, 6.45) is 6.98. The zero-order chi connectivity index (χ0) is 21.5. The predicted molar refractivity (Wildman–Crippen MR) is 110 cm³/mol. The van der Waals surface area contributed by atoms with Gasteiger partial charge >= 0.3 is 0 Å². The smallest absolute Gasteiger partial charge is 0.268 e. The summed E-state index contributed by atoms with van der Waals surface area (Å²) < 4.78 is 5.75. The molecule has 2 amide bonds. The van der Waals surface area contributed by atoms with Crippen LogP contribution in [-0.4, -0.2) is 65.3 Å². The number of rotatable bonds is 8. The number of aliphatic hydroxyl groups excluding tert-OH is 1. The number of carbonyl (C=O) groups is 2. The molecular weight excluding hydrogens is 386 g/mol. The minimum absolute atomic E-state index is 0.117. The third kappa shape index (κ3) is 4.93. The van der Waals surface area contributed by atoms with Crippen LogP contribution in [0.15, 0.2) is 59.7 Å². The molecule has 9 nitrogen and oxygen atoms in total. The second-order valence-corrected chi connectivity index (χ2v) is 6.81. The topological polar surface area (TPSA) is 128 Å². The van der Waals surface area contributed by atoms with Crippen molar-refractivity contribution in [1.29, 1.82) is 5.41 Å². The molecule has 0 aromatic carbocycles. The lowest BCUT2D eigenvalue weighted by molar-refractivity contribution is -0.132. The van der Waals surface area contributed by atoms with Gasteiger partial charge in [0.1, 0.15) is 24.1 Å². The standard InChI is InChI=1S/C21H25N5O4/c1-23-19(20(28)25-18-7-9-26(10-11-27)21(18)29)16-12-15(5-6-17(16)22)30-13-14-4-2-3-8-24-14/h2-6,8,12,18,22-23,27H,7,9-11,13H2,1H3,(H,25,28)/b19-16-,22-17?/t18-/m0/s1. The highest BCUT2D eigenvalue weighted by Crippen LogP contribution is 2.19. The number of hydrogen-bond donors (Lipinski definition) is 4. The minimum atomic E-state index is -0.648. The number of hydrogen-bond acceptors (Lipinski definition) is 7. The molecule has 0 saturated carbocycles. The van der Waals surface area contributed by atoms with E-state index in [2.05, 4.69) is 15.6 Å². The van der Waals surface area contributed by atoms with E-state index in [-0.39, 0.29) is 37.1 Å². The van der Waals surface area contributed by atoms with E-state index in [1.807, 2.05) is 18.2 Å². The summed E-state index contributed by atoms with van der Waals surface area (Å²) in [6.45, 7) is 0.879. The third-order valence-electron chi connectivity index (χ3n) is 4.82. The van der Waals surface area contributed by atoms with E-state index in [1.165, 1.54) is 4.90 Å². The van der Waals surface area contributed by atoms with Crippen molar-refractivity contribution in [3.63, 3.8) is 0 Å². The van der Waals surface area contributed by atoms with Gasteiger partial charge in [0.25, 0.3) is 5.91 Å². The molecule has 0 spiro atoms. The predicted octanol–water partition coefficient (Wildman–Crippen LogP) is 0.255. The van der Waals surface area contributed by atoms with Crippen molar-refractivity contribution >= 4 is 17.5 Å². The number of aliphatic hydroxyl groups is 1. The lowest BCUT2D eigenvalue weighted by atomic mass is 10.0. The Morgan fingerprint density at radius 3 is 2.93 bits per heavy atom. The van der Waals surface area contributed by atoms with Gasteiger partial charge in [0, 0.05) is 31.9 Å². The molecule has 1 atom stereocenters. The first-order chi connectivity index (χ1) is 14.5. The average Bonchev–Trinajstić information content (AvgIpc) is 3.09. The van der Waals surface area contributed by atoms with Gasteiger partial charge in [0.15, 0.2) is 0 Å². The molecule has 1 fully saturated rings. The van der Waals surface area contributed by atoms with E-state index in [0.717, 1.165) is 5.69 Å². The number of aromatic nitrogens is 1. The number of pyridine rings is 1. The highest BCUT2D eigenvalue weighted by molar-refractivity contribution is 6.15. The van der Waals surface area contributed by atoms with Crippen LogP contribution in [-0.2, 0) is 20.9 Å². The lowest BCUT2D eigenvalue weighted by Crippen LogP contribution is -2.44. The Morgan fingerprint density at radius 2 is 2.23 bits per heavy atom. The molecule has 0 unspecified atom stereocenters. The Hall–Kier alpha value is -3.46. The lowest BCUT2D eigenvalue weighted by Gasteiger charge is -2.19. The number of carbonyl (C=O) groups excluding carboxylic acids is 2. The summed E-state index contributed by atoms with van der Waals surface area (Å²) in [6, 6.07) is 4.89. The summed E-state index contributed by atoms with van der Waals surface area (Å²) in [5, 5.41) is 22.8. The van der Waals surface area contributed by atoms with Gasteiger partial charge in [0.05, 0.1) is 18.0 Å². The van der Waals surface area contributed by atoms with Crippen molar-refractivity contribution < 1.29 is 19.4 Å². The fourth-order valence-electron chi connectivity index (χ4n) is 3.28. The molecule has 2 heterocycles. The number of nitrogens with zero attached hydrogens (tertiary/aromatic N) is 2. The maximum absolute atomic E-state index is 12.8. The maximum Gasteiger partial charge on any atom is 0.268 e. The molecule has 3 rings (SSSR count). The SMILES string of the molecule is CN/C(C(=O)N[C@H]1CCN(CCO)C1=O)=C1/C=C(OCc2ccccn2)C=CC1=N. The van der Waals surface area contributed by atoms with Gasteiger partial charge in [0.2, 0.25) is 5.91 Å². The van der Waals surface area contributed by atoms with Crippen LogP contribution in [0.2, 0.25) is 0 Å². The number of likely N-dealkylation sites (tertiary alicyclic amines) is 1. The van der Waals surface area contributed by atoms with Crippen LogP contribution in [0, 0.1) is 5.41 Å². The molecule has 1 saturated heterocycles. The van der Waals surface area contributed by atoms with Crippen LogP contribution >= 0.6 is 0 Å². The Bertz CT molecular complexity index is 907. The molecule has 1 aromatic heterocycles. The van der Waals surface area contributed by atoms with Gasteiger partial charge in [-0.2, -0.15) is 0 Å². The zero-order valence-corrected chi connectivity index (χ0v) is 16.7. The first kappa shape index (κ1) is 21.3. The molecule has 1 aromatic rings. The quantitative estimate of drug-likeness (QED) is 0.454. The number of likely N-dealkylation sites (N-methyl/N-ethyl adjacent to an activating group) is 1. The van der Waals surface area contributed by atoms with Crippen LogP contribution in [0.5, 0.6) is 0 Å². The maximum atomic E-state index is 12.8. The van der Waals surface area contributed by atoms with Gasteiger partial charge < -0.3 is 30.8 Å². The number of nitrogens with one attached hydrogen (secondary N) is 3. The van der Waals surface area contributed by atoms with Crippen molar-refractivity contribution in [3.8, 4) is 0 Å². The van der Waals surface area contributed by atoms with Crippen LogP contribution in [0.25, 0.3) is 0 Å². The van der Waals surface area contributed by atoms with Crippen LogP contribution in [0.4, 0.5) is 0 Å². The van der Waals surface area contributed by atoms with E-state index in [0.29, 0.717) is 24.3 Å². The van der Waals surface area contributed by atoms with Crippen LogP contribution in [0.1, 0.15) is 12.1 Å². The molecule has 30 heavy (non-hydrogen) atoms. The van der Waals surface area contributed by atoms with E-state index < -0.39 is 11.9 Å². The molecule has 158 valence electrons. The minimum Gasteiger partial charge on any atom is -0.487 e. The molecule has 4 N–H and O–H groups in total. The van der Waals surface area contributed by atoms with Crippen molar-refractivity contribution in [2.24, 2.45) is 0 Å². The number of amides is 2. The Balaban J connectivity index is 1.73.